The van der Waals surface area contributed by atoms with Crippen LogP contribution in [0.25, 0.3) is 11.0 Å². The van der Waals surface area contributed by atoms with Crippen LogP contribution in [-0.2, 0) is 11.3 Å². The molecule has 0 spiro atoms. The Morgan fingerprint density at radius 2 is 2.26 bits per heavy atom. The Labute approximate surface area is 132 Å². The smallest absolute Gasteiger partial charge is 0.315 e. The van der Waals surface area contributed by atoms with E-state index < -0.39 is 0 Å². The van der Waals surface area contributed by atoms with Crippen LogP contribution in [0.5, 0.6) is 5.75 Å². The molecule has 0 bridgehead atoms. The van der Waals surface area contributed by atoms with Crippen LogP contribution in [0.15, 0.2) is 33.1 Å². The monoisotopic (exact) mass is 315 g/mol. The normalized spacial score (nSPS) is 17.7. The number of aromatic nitrogens is 2. The predicted molar refractivity (Wildman–Crippen MR) is 82.3 cm³/mol. The second-order valence-electron chi connectivity index (χ2n) is 5.39. The Bertz CT molecular complexity index is 805. The number of nitrogens with one attached hydrogen (secondary N) is 1. The molecular formula is C16H17N3O4. The van der Waals surface area contributed by atoms with Gasteiger partial charge in [-0.2, -0.15) is 0 Å². The maximum atomic E-state index is 5.82. The molecule has 0 saturated carbocycles. The molecule has 0 radical (unpaired) electrons. The van der Waals surface area contributed by atoms with Gasteiger partial charge in [0.05, 0.1) is 13.7 Å². The number of rotatable bonds is 5. The molecule has 1 N–H and O–H groups in total. The lowest BCUT2D eigenvalue weighted by molar-refractivity contribution is 0.0897. The Balaban J connectivity index is 1.46. The fraction of sp³-hybridized carbons (Fsp3) is 0.375. The topological polar surface area (TPSA) is 82.5 Å². The highest BCUT2D eigenvalue weighted by Crippen LogP contribution is 2.30. The second kappa shape index (κ2) is 5.92. The van der Waals surface area contributed by atoms with E-state index >= 15 is 0 Å². The van der Waals surface area contributed by atoms with Gasteiger partial charge in [0, 0.05) is 12.0 Å². The third kappa shape index (κ3) is 2.75. The molecule has 23 heavy (non-hydrogen) atoms. The number of hydrogen-bond acceptors (Lipinski definition) is 7. The second-order valence-corrected chi connectivity index (χ2v) is 5.39. The summed E-state index contributed by atoms with van der Waals surface area (Å²) in [7, 11) is 1.63. The van der Waals surface area contributed by atoms with Crippen LogP contribution in [0, 0.1) is 0 Å². The Kier molecular flexibility index (Phi) is 3.63. The van der Waals surface area contributed by atoms with Gasteiger partial charge in [0.15, 0.2) is 11.3 Å². The van der Waals surface area contributed by atoms with Gasteiger partial charge in [0.1, 0.15) is 11.9 Å². The van der Waals surface area contributed by atoms with Crippen LogP contribution in [0.3, 0.4) is 0 Å². The van der Waals surface area contributed by atoms with Crippen molar-refractivity contribution in [3.05, 3.63) is 35.9 Å². The van der Waals surface area contributed by atoms with Gasteiger partial charge in [-0.15, -0.1) is 5.10 Å². The SMILES string of the molecule is COc1cccc2cc(CNc3nnc([C@@H]4CCCO4)o3)oc12. The largest absolute Gasteiger partial charge is 0.493 e. The van der Waals surface area contributed by atoms with Crippen LogP contribution in [0.4, 0.5) is 6.01 Å². The lowest BCUT2D eigenvalue weighted by atomic mass is 10.2. The summed E-state index contributed by atoms with van der Waals surface area (Å²) in [6, 6.07) is 8.10. The number of methoxy groups -OCH3 is 1. The molecule has 4 rings (SSSR count). The summed E-state index contributed by atoms with van der Waals surface area (Å²) in [4.78, 5) is 0. The van der Waals surface area contributed by atoms with Gasteiger partial charge in [-0.05, 0) is 25.0 Å². The summed E-state index contributed by atoms with van der Waals surface area (Å²) < 4.78 is 22.2. The number of fused-ring (bicyclic) bond motifs is 1. The summed E-state index contributed by atoms with van der Waals surface area (Å²) in [5, 5.41) is 12.1. The highest BCUT2D eigenvalue weighted by molar-refractivity contribution is 5.83. The third-order valence-electron chi connectivity index (χ3n) is 3.84. The van der Waals surface area contributed by atoms with Gasteiger partial charge in [0.25, 0.3) is 0 Å². The number of benzene rings is 1. The molecule has 3 aromatic rings. The minimum atomic E-state index is -0.0755. The van der Waals surface area contributed by atoms with Crippen LogP contribution in [0.1, 0.15) is 30.6 Å². The molecule has 1 fully saturated rings. The molecular weight excluding hydrogens is 298 g/mol. The average molecular weight is 315 g/mol. The zero-order chi connectivity index (χ0) is 15.6. The van der Waals surface area contributed by atoms with Crippen molar-refractivity contribution in [2.45, 2.75) is 25.5 Å². The molecule has 7 nitrogen and oxygen atoms in total. The molecule has 3 heterocycles. The highest BCUT2D eigenvalue weighted by Gasteiger charge is 2.23. The molecule has 1 aromatic carbocycles. The Hall–Kier alpha value is -2.54. The van der Waals surface area contributed by atoms with Crippen LogP contribution in [-0.4, -0.2) is 23.9 Å². The van der Waals surface area contributed by atoms with E-state index in [9.17, 15) is 0 Å². The molecule has 0 aliphatic carbocycles. The molecule has 120 valence electrons. The lowest BCUT2D eigenvalue weighted by Gasteiger charge is -2.02. The van der Waals surface area contributed by atoms with Crippen molar-refractivity contribution in [3.63, 3.8) is 0 Å². The molecule has 0 amide bonds. The first-order valence-corrected chi connectivity index (χ1v) is 7.58. The van der Waals surface area contributed by atoms with E-state index in [0.717, 1.165) is 36.2 Å². The molecule has 1 saturated heterocycles. The van der Waals surface area contributed by atoms with Crippen molar-refractivity contribution in [1.82, 2.24) is 10.2 Å². The van der Waals surface area contributed by atoms with E-state index in [2.05, 4.69) is 15.5 Å². The molecule has 1 aliphatic rings. The first kappa shape index (κ1) is 14.1. The van der Waals surface area contributed by atoms with Crippen LogP contribution in [0.2, 0.25) is 0 Å². The van der Waals surface area contributed by atoms with Crippen LogP contribution < -0.4 is 10.1 Å². The quantitative estimate of drug-likeness (QED) is 0.773. The van der Waals surface area contributed by atoms with E-state index in [1.807, 2.05) is 24.3 Å². The summed E-state index contributed by atoms with van der Waals surface area (Å²) in [5.74, 6) is 2.00. The standard InChI is InChI=1S/C16H17N3O4/c1-20-12-5-2-4-10-8-11(22-14(10)12)9-17-16-19-18-15(23-16)13-6-3-7-21-13/h2,4-5,8,13H,3,6-7,9H2,1H3,(H,17,19)/t13-/m0/s1. The first-order chi connectivity index (χ1) is 11.3. The predicted octanol–water partition coefficient (Wildman–Crippen LogP) is 3.29. The highest BCUT2D eigenvalue weighted by atomic mass is 16.5. The fourth-order valence-electron chi connectivity index (χ4n) is 2.71. The minimum Gasteiger partial charge on any atom is -0.493 e. The number of furan rings is 1. The first-order valence-electron chi connectivity index (χ1n) is 7.58. The summed E-state index contributed by atoms with van der Waals surface area (Å²) in [5.41, 5.74) is 0.734. The molecule has 2 aromatic heterocycles. The van der Waals surface area contributed by atoms with E-state index in [1.54, 1.807) is 7.11 Å². The molecule has 7 heteroatoms. The van der Waals surface area contributed by atoms with Gasteiger partial charge in [0.2, 0.25) is 5.89 Å². The van der Waals surface area contributed by atoms with Gasteiger partial charge in [-0.1, -0.05) is 17.2 Å². The van der Waals surface area contributed by atoms with E-state index in [1.165, 1.54) is 0 Å². The van der Waals surface area contributed by atoms with Crippen molar-refractivity contribution in [1.29, 1.82) is 0 Å². The van der Waals surface area contributed by atoms with Gasteiger partial charge in [-0.3, -0.25) is 0 Å². The molecule has 1 atom stereocenters. The van der Waals surface area contributed by atoms with Crippen molar-refractivity contribution < 1.29 is 18.3 Å². The summed E-state index contributed by atoms with van der Waals surface area (Å²) >= 11 is 0. The van der Waals surface area contributed by atoms with E-state index in [4.69, 9.17) is 18.3 Å². The van der Waals surface area contributed by atoms with Crippen LogP contribution >= 0.6 is 0 Å². The third-order valence-corrected chi connectivity index (χ3v) is 3.84. The van der Waals surface area contributed by atoms with Gasteiger partial charge < -0.3 is 23.6 Å². The van der Waals surface area contributed by atoms with Gasteiger partial charge >= 0.3 is 6.01 Å². The summed E-state index contributed by atoms with van der Waals surface area (Å²) in [6.07, 6.45) is 1.87. The molecule has 1 aliphatic heterocycles. The average Bonchev–Trinajstić information content (AvgIpc) is 3.30. The molecule has 0 unspecified atom stereocenters. The number of anilines is 1. The number of nitrogens with zero attached hydrogens (tertiary/aromatic N) is 2. The Morgan fingerprint density at radius 3 is 3.09 bits per heavy atom. The van der Waals surface area contributed by atoms with Crippen molar-refractivity contribution in [3.8, 4) is 5.75 Å². The van der Waals surface area contributed by atoms with Crippen molar-refractivity contribution in [2.24, 2.45) is 0 Å². The fourth-order valence-corrected chi connectivity index (χ4v) is 2.71. The van der Waals surface area contributed by atoms with E-state index in [0.29, 0.717) is 24.2 Å². The maximum Gasteiger partial charge on any atom is 0.315 e. The lowest BCUT2D eigenvalue weighted by Crippen LogP contribution is -1.98. The van der Waals surface area contributed by atoms with Crippen molar-refractivity contribution >= 4 is 17.0 Å². The van der Waals surface area contributed by atoms with E-state index in [-0.39, 0.29) is 6.10 Å². The zero-order valence-corrected chi connectivity index (χ0v) is 12.7. The minimum absolute atomic E-state index is 0.0755. The maximum absolute atomic E-state index is 5.82. The van der Waals surface area contributed by atoms with Gasteiger partial charge in [-0.25, -0.2) is 0 Å². The van der Waals surface area contributed by atoms with Crippen molar-refractivity contribution in [2.75, 3.05) is 19.0 Å². The number of ether oxygens (including phenoxy) is 2. The number of para-hydroxylation sites is 1. The Morgan fingerprint density at radius 1 is 1.30 bits per heavy atom. The number of hydrogen-bond donors (Lipinski definition) is 1. The summed E-state index contributed by atoms with van der Waals surface area (Å²) in [6.45, 7) is 1.20. The zero-order valence-electron chi connectivity index (χ0n) is 12.7.